The molecule has 1 aliphatic carbocycles. The predicted molar refractivity (Wildman–Crippen MR) is 90.2 cm³/mol. The van der Waals surface area contributed by atoms with Gasteiger partial charge in [0.05, 0.1) is 0 Å². The first-order valence-corrected chi connectivity index (χ1v) is 8.04. The van der Waals surface area contributed by atoms with E-state index in [1.807, 2.05) is 12.1 Å². The molecule has 1 aliphatic rings. The molecule has 0 aromatic heterocycles. The van der Waals surface area contributed by atoms with Gasteiger partial charge in [-0.05, 0) is 66.7 Å². The van der Waals surface area contributed by atoms with Gasteiger partial charge in [0, 0.05) is 0 Å². The van der Waals surface area contributed by atoms with Crippen molar-refractivity contribution in [1.29, 1.82) is 0 Å². The van der Waals surface area contributed by atoms with Crippen molar-refractivity contribution < 1.29 is 0 Å². The summed E-state index contributed by atoms with van der Waals surface area (Å²) < 4.78 is 0. The molecule has 0 N–H and O–H groups in total. The lowest BCUT2D eigenvalue weighted by Crippen LogP contribution is -2.12. The first-order chi connectivity index (χ1) is 10.4. The van der Waals surface area contributed by atoms with E-state index in [1.165, 1.54) is 48.8 Å². The Balaban J connectivity index is 1.67. The summed E-state index contributed by atoms with van der Waals surface area (Å²) in [4.78, 5) is 0. The molecule has 1 radical (unpaired) electrons. The zero-order chi connectivity index (χ0) is 14.5. The van der Waals surface area contributed by atoms with Gasteiger partial charge < -0.3 is 0 Å². The molecule has 0 unspecified atom stereocenters. The summed E-state index contributed by atoms with van der Waals surface area (Å²) in [6.45, 7) is 3.87. The summed E-state index contributed by atoms with van der Waals surface area (Å²) in [5.41, 5.74) is 4.08. The quantitative estimate of drug-likeness (QED) is 0.600. The van der Waals surface area contributed by atoms with E-state index in [2.05, 4.69) is 55.1 Å². The van der Waals surface area contributed by atoms with Crippen molar-refractivity contribution >= 4 is 0 Å². The van der Waals surface area contributed by atoms with E-state index < -0.39 is 0 Å². The van der Waals surface area contributed by atoms with Crippen LogP contribution in [0.15, 0.2) is 61.2 Å². The van der Waals surface area contributed by atoms with E-state index in [1.54, 1.807) is 0 Å². The van der Waals surface area contributed by atoms with Gasteiger partial charge in [-0.1, -0.05) is 54.6 Å². The van der Waals surface area contributed by atoms with Gasteiger partial charge in [0.15, 0.2) is 0 Å². The zero-order valence-corrected chi connectivity index (χ0v) is 12.6. The van der Waals surface area contributed by atoms with Gasteiger partial charge in [-0.2, -0.15) is 0 Å². The maximum atomic E-state index is 3.87. The molecule has 0 saturated heterocycles. The SMILES string of the molecule is C=CC[C@H]1CC[C@H](c2ccc(-c3cc[c]cc3)cc2)CC1. The van der Waals surface area contributed by atoms with Gasteiger partial charge >= 0.3 is 0 Å². The van der Waals surface area contributed by atoms with Gasteiger partial charge in [0.25, 0.3) is 0 Å². The van der Waals surface area contributed by atoms with Crippen molar-refractivity contribution in [3.63, 3.8) is 0 Å². The first kappa shape index (κ1) is 14.1. The van der Waals surface area contributed by atoms with Crippen LogP contribution in [0.2, 0.25) is 0 Å². The fraction of sp³-hybridized carbons (Fsp3) is 0.333. The molecule has 0 heteroatoms. The van der Waals surface area contributed by atoms with Crippen LogP contribution >= 0.6 is 0 Å². The van der Waals surface area contributed by atoms with Crippen molar-refractivity contribution in [2.24, 2.45) is 5.92 Å². The largest absolute Gasteiger partial charge is 0.103 e. The van der Waals surface area contributed by atoms with E-state index in [-0.39, 0.29) is 0 Å². The summed E-state index contributed by atoms with van der Waals surface area (Å²) in [6.07, 6.45) is 8.64. The van der Waals surface area contributed by atoms with E-state index >= 15 is 0 Å². The lowest BCUT2D eigenvalue weighted by atomic mass is 9.77. The van der Waals surface area contributed by atoms with Crippen LogP contribution in [0.4, 0.5) is 0 Å². The molecule has 2 aromatic carbocycles. The topological polar surface area (TPSA) is 0 Å². The van der Waals surface area contributed by atoms with E-state index in [9.17, 15) is 0 Å². The molecule has 0 atom stereocenters. The molecular formula is C21H23. The average Bonchev–Trinajstić information content (AvgIpc) is 2.57. The highest BCUT2D eigenvalue weighted by atomic mass is 14.3. The van der Waals surface area contributed by atoms with Gasteiger partial charge in [-0.15, -0.1) is 6.58 Å². The predicted octanol–water partition coefficient (Wildman–Crippen LogP) is 6.00. The highest BCUT2D eigenvalue weighted by Crippen LogP contribution is 2.37. The van der Waals surface area contributed by atoms with Gasteiger partial charge in [-0.3, -0.25) is 0 Å². The third-order valence-corrected chi connectivity index (χ3v) is 4.78. The van der Waals surface area contributed by atoms with Crippen LogP contribution in [0.1, 0.15) is 43.6 Å². The van der Waals surface area contributed by atoms with E-state index in [4.69, 9.17) is 0 Å². The Bertz CT molecular complexity index is 557. The molecule has 1 saturated carbocycles. The zero-order valence-electron chi connectivity index (χ0n) is 12.6. The highest BCUT2D eigenvalue weighted by molar-refractivity contribution is 5.63. The molecule has 2 aromatic rings. The highest BCUT2D eigenvalue weighted by Gasteiger charge is 2.21. The molecule has 3 rings (SSSR count). The molecule has 0 nitrogen and oxygen atoms in total. The summed E-state index contributed by atoms with van der Waals surface area (Å²) in [6, 6.07) is 20.4. The van der Waals surface area contributed by atoms with Gasteiger partial charge in [0.1, 0.15) is 0 Å². The Labute approximate surface area is 128 Å². The second-order valence-corrected chi connectivity index (χ2v) is 6.15. The van der Waals surface area contributed by atoms with Gasteiger partial charge in [0.2, 0.25) is 0 Å². The molecule has 0 spiro atoms. The summed E-state index contributed by atoms with van der Waals surface area (Å²) in [5.74, 6) is 1.63. The van der Waals surface area contributed by atoms with Crippen molar-refractivity contribution in [2.75, 3.05) is 0 Å². The average molecular weight is 275 g/mol. The Kier molecular flexibility index (Phi) is 4.55. The molecular weight excluding hydrogens is 252 g/mol. The maximum absolute atomic E-state index is 3.87. The summed E-state index contributed by atoms with van der Waals surface area (Å²) in [5, 5.41) is 0. The lowest BCUT2D eigenvalue weighted by Gasteiger charge is -2.28. The Morgan fingerprint density at radius 1 is 0.905 bits per heavy atom. The van der Waals surface area contributed by atoms with Crippen molar-refractivity contribution in [1.82, 2.24) is 0 Å². The molecule has 1 fully saturated rings. The second kappa shape index (κ2) is 6.76. The summed E-state index contributed by atoms with van der Waals surface area (Å²) in [7, 11) is 0. The van der Waals surface area contributed by atoms with Crippen LogP contribution in [0, 0.1) is 12.0 Å². The number of allylic oxidation sites excluding steroid dienone is 1. The van der Waals surface area contributed by atoms with E-state index in [0.29, 0.717) is 0 Å². The lowest BCUT2D eigenvalue weighted by molar-refractivity contribution is 0.328. The van der Waals surface area contributed by atoms with E-state index in [0.717, 1.165) is 11.8 Å². The Hall–Kier alpha value is -1.82. The van der Waals surface area contributed by atoms with Crippen LogP contribution in [0.5, 0.6) is 0 Å². The number of hydrogen-bond donors (Lipinski definition) is 0. The first-order valence-electron chi connectivity index (χ1n) is 8.04. The number of rotatable bonds is 4. The van der Waals surface area contributed by atoms with Crippen molar-refractivity contribution in [3.8, 4) is 11.1 Å². The molecule has 107 valence electrons. The number of hydrogen-bond acceptors (Lipinski definition) is 0. The molecule has 0 aliphatic heterocycles. The summed E-state index contributed by atoms with van der Waals surface area (Å²) >= 11 is 0. The monoisotopic (exact) mass is 275 g/mol. The fourth-order valence-electron chi connectivity index (χ4n) is 3.49. The molecule has 21 heavy (non-hydrogen) atoms. The van der Waals surface area contributed by atoms with Crippen LogP contribution in [0.25, 0.3) is 11.1 Å². The van der Waals surface area contributed by atoms with Crippen LogP contribution in [-0.2, 0) is 0 Å². The van der Waals surface area contributed by atoms with Crippen molar-refractivity contribution in [3.05, 3.63) is 72.8 Å². The number of benzene rings is 2. The smallest absolute Gasteiger partial charge is 0.0162 e. The molecule has 0 bridgehead atoms. The molecule has 0 amide bonds. The third-order valence-electron chi connectivity index (χ3n) is 4.78. The Morgan fingerprint density at radius 3 is 2.14 bits per heavy atom. The van der Waals surface area contributed by atoms with Crippen molar-refractivity contribution in [2.45, 2.75) is 38.0 Å². The van der Waals surface area contributed by atoms with Crippen LogP contribution in [0.3, 0.4) is 0 Å². The second-order valence-electron chi connectivity index (χ2n) is 6.15. The standard InChI is InChI=1S/C21H23/c1-2-6-17-9-11-19(12-10-17)21-15-13-20(14-16-21)18-7-4-3-5-8-18/h2,4-5,7-8,13-17,19H,1,6,9-12H2/t17-,19-. The fourth-order valence-corrected chi connectivity index (χ4v) is 3.49. The minimum atomic E-state index is 0.754. The Morgan fingerprint density at radius 2 is 1.52 bits per heavy atom. The third kappa shape index (κ3) is 3.44. The van der Waals surface area contributed by atoms with Crippen LogP contribution in [-0.4, -0.2) is 0 Å². The maximum Gasteiger partial charge on any atom is -0.0162 e. The van der Waals surface area contributed by atoms with Gasteiger partial charge in [-0.25, -0.2) is 0 Å². The normalized spacial score (nSPS) is 21.9. The minimum absolute atomic E-state index is 0.754. The van der Waals surface area contributed by atoms with Crippen LogP contribution < -0.4 is 0 Å². The molecule has 0 heterocycles. The minimum Gasteiger partial charge on any atom is -0.103 e.